The number of carbonyl (C=O) groups excluding carboxylic acids is 3. The minimum Gasteiger partial charge on any atom is -0.469 e. The zero-order valence-corrected chi connectivity index (χ0v) is 11.4. The number of ether oxygens (including phenoxy) is 3. The summed E-state index contributed by atoms with van der Waals surface area (Å²) in [5, 5.41) is 0. The summed E-state index contributed by atoms with van der Waals surface area (Å²) in [6.07, 6.45) is 0.0175. The van der Waals surface area contributed by atoms with Crippen molar-refractivity contribution in [2.45, 2.75) is 20.3 Å². The van der Waals surface area contributed by atoms with Crippen molar-refractivity contribution < 1.29 is 28.6 Å². The summed E-state index contributed by atoms with van der Waals surface area (Å²) in [4.78, 5) is 34.6. The fourth-order valence-corrected chi connectivity index (χ4v) is 1.62. The second-order valence-corrected chi connectivity index (χ2v) is 4.21. The van der Waals surface area contributed by atoms with Gasteiger partial charge in [0.25, 0.3) is 0 Å². The van der Waals surface area contributed by atoms with Crippen LogP contribution in [0.5, 0.6) is 0 Å². The van der Waals surface area contributed by atoms with Crippen LogP contribution in [-0.4, -0.2) is 39.2 Å². The van der Waals surface area contributed by atoms with Crippen LogP contribution in [0.25, 0.3) is 0 Å². The Morgan fingerprint density at radius 3 is 1.50 bits per heavy atom. The van der Waals surface area contributed by atoms with Crippen molar-refractivity contribution in [3.05, 3.63) is 0 Å². The first-order valence-corrected chi connectivity index (χ1v) is 5.62. The van der Waals surface area contributed by atoms with Gasteiger partial charge < -0.3 is 14.2 Å². The van der Waals surface area contributed by atoms with Crippen molar-refractivity contribution in [3.63, 3.8) is 0 Å². The third-order valence-corrected chi connectivity index (χ3v) is 2.77. The molecule has 0 aliphatic heterocycles. The van der Waals surface area contributed by atoms with Gasteiger partial charge >= 0.3 is 17.9 Å². The summed E-state index contributed by atoms with van der Waals surface area (Å²) in [6.45, 7) is 3.63. The van der Waals surface area contributed by atoms with Crippen molar-refractivity contribution in [1.82, 2.24) is 0 Å². The average molecular weight is 260 g/mol. The van der Waals surface area contributed by atoms with E-state index < -0.39 is 29.7 Å². The lowest BCUT2D eigenvalue weighted by Gasteiger charge is -2.21. The highest BCUT2D eigenvalue weighted by atomic mass is 16.5. The van der Waals surface area contributed by atoms with Crippen LogP contribution in [0.1, 0.15) is 20.3 Å². The van der Waals surface area contributed by atoms with Gasteiger partial charge in [-0.15, -0.1) is 0 Å². The van der Waals surface area contributed by atoms with E-state index in [-0.39, 0.29) is 12.3 Å². The third kappa shape index (κ3) is 4.35. The molecular weight excluding hydrogens is 240 g/mol. The molecule has 104 valence electrons. The van der Waals surface area contributed by atoms with Gasteiger partial charge in [0, 0.05) is 0 Å². The topological polar surface area (TPSA) is 78.9 Å². The fraction of sp³-hybridized carbons (Fsp3) is 0.750. The standard InChI is InChI=1S/C12H20O6/c1-7(2)8(10(13)16-3)6-9(11(14)17-4)12(15)18-5/h7-9H,6H2,1-5H3. The van der Waals surface area contributed by atoms with E-state index in [1.807, 2.05) is 13.8 Å². The summed E-state index contributed by atoms with van der Waals surface area (Å²) >= 11 is 0. The first-order valence-electron chi connectivity index (χ1n) is 5.62. The third-order valence-electron chi connectivity index (χ3n) is 2.77. The van der Waals surface area contributed by atoms with Crippen LogP contribution < -0.4 is 0 Å². The second-order valence-electron chi connectivity index (χ2n) is 4.21. The van der Waals surface area contributed by atoms with Gasteiger partial charge in [-0.2, -0.15) is 0 Å². The normalized spacial score (nSPS) is 12.2. The van der Waals surface area contributed by atoms with Crippen molar-refractivity contribution in [2.75, 3.05) is 21.3 Å². The number of esters is 3. The molecule has 0 N–H and O–H groups in total. The number of rotatable bonds is 6. The fourth-order valence-electron chi connectivity index (χ4n) is 1.62. The molecule has 0 amide bonds. The van der Waals surface area contributed by atoms with E-state index in [1.165, 1.54) is 21.3 Å². The zero-order valence-electron chi connectivity index (χ0n) is 11.4. The largest absolute Gasteiger partial charge is 0.469 e. The van der Waals surface area contributed by atoms with Gasteiger partial charge in [0.2, 0.25) is 0 Å². The minimum atomic E-state index is -1.11. The Labute approximate surface area is 107 Å². The van der Waals surface area contributed by atoms with Crippen LogP contribution in [0, 0.1) is 17.8 Å². The lowest BCUT2D eigenvalue weighted by atomic mass is 9.86. The monoisotopic (exact) mass is 260 g/mol. The van der Waals surface area contributed by atoms with E-state index in [4.69, 9.17) is 0 Å². The summed E-state index contributed by atoms with van der Waals surface area (Å²) in [5.41, 5.74) is 0. The van der Waals surface area contributed by atoms with Crippen LogP contribution >= 0.6 is 0 Å². The van der Waals surface area contributed by atoms with E-state index in [0.717, 1.165) is 0 Å². The van der Waals surface area contributed by atoms with Gasteiger partial charge in [-0.3, -0.25) is 14.4 Å². The van der Waals surface area contributed by atoms with E-state index in [9.17, 15) is 14.4 Å². The molecule has 0 aliphatic rings. The molecule has 0 aromatic carbocycles. The first kappa shape index (κ1) is 16.4. The molecule has 6 nitrogen and oxygen atoms in total. The summed E-state index contributed by atoms with van der Waals surface area (Å²) in [5.74, 6) is -3.60. The Morgan fingerprint density at radius 2 is 1.22 bits per heavy atom. The Kier molecular flexibility index (Phi) is 7.00. The van der Waals surface area contributed by atoms with Gasteiger partial charge in [-0.05, 0) is 12.3 Å². The van der Waals surface area contributed by atoms with Gasteiger partial charge in [0.1, 0.15) is 0 Å². The number of carbonyl (C=O) groups is 3. The molecule has 0 radical (unpaired) electrons. The highest BCUT2D eigenvalue weighted by Gasteiger charge is 2.35. The zero-order chi connectivity index (χ0) is 14.3. The van der Waals surface area contributed by atoms with Crippen LogP contribution in [0.2, 0.25) is 0 Å². The van der Waals surface area contributed by atoms with Gasteiger partial charge in [-0.1, -0.05) is 13.8 Å². The predicted molar refractivity (Wildman–Crippen MR) is 62.5 cm³/mol. The maximum absolute atomic E-state index is 11.6. The van der Waals surface area contributed by atoms with Gasteiger partial charge in [-0.25, -0.2) is 0 Å². The maximum Gasteiger partial charge on any atom is 0.320 e. The highest BCUT2D eigenvalue weighted by Crippen LogP contribution is 2.23. The van der Waals surface area contributed by atoms with Crippen LogP contribution in [0.3, 0.4) is 0 Å². The van der Waals surface area contributed by atoms with Crippen LogP contribution in [0.4, 0.5) is 0 Å². The first-order chi connectivity index (χ1) is 8.38. The van der Waals surface area contributed by atoms with Crippen molar-refractivity contribution in [2.24, 2.45) is 17.8 Å². The van der Waals surface area contributed by atoms with E-state index in [2.05, 4.69) is 14.2 Å². The number of methoxy groups -OCH3 is 3. The molecule has 0 aromatic rings. The van der Waals surface area contributed by atoms with Crippen LogP contribution in [-0.2, 0) is 28.6 Å². The molecule has 0 heterocycles. The van der Waals surface area contributed by atoms with E-state index >= 15 is 0 Å². The van der Waals surface area contributed by atoms with Crippen molar-refractivity contribution in [1.29, 1.82) is 0 Å². The van der Waals surface area contributed by atoms with Crippen molar-refractivity contribution >= 4 is 17.9 Å². The molecular formula is C12H20O6. The summed E-state index contributed by atoms with van der Waals surface area (Å²) in [6, 6.07) is 0. The van der Waals surface area contributed by atoms with E-state index in [1.54, 1.807) is 0 Å². The molecule has 1 unspecified atom stereocenters. The smallest absolute Gasteiger partial charge is 0.320 e. The Hall–Kier alpha value is -1.59. The molecule has 18 heavy (non-hydrogen) atoms. The van der Waals surface area contributed by atoms with Crippen LogP contribution in [0.15, 0.2) is 0 Å². The second kappa shape index (κ2) is 7.68. The Balaban J connectivity index is 4.97. The summed E-state index contributed by atoms with van der Waals surface area (Å²) in [7, 11) is 3.63. The number of hydrogen-bond donors (Lipinski definition) is 0. The number of hydrogen-bond acceptors (Lipinski definition) is 6. The minimum absolute atomic E-state index is 0.0175. The lowest BCUT2D eigenvalue weighted by molar-refractivity contribution is -0.161. The Morgan fingerprint density at radius 1 is 0.833 bits per heavy atom. The molecule has 0 saturated carbocycles. The predicted octanol–water partition coefficient (Wildman–Crippen LogP) is 0.784. The molecule has 0 bridgehead atoms. The SMILES string of the molecule is COC(=O)C(CC(C(=O)OC)C(C)C)C(=O)OC. The molecule has 0 aliphatic carbocycles. The molecule has 6 heteroatoms. The molecule has 0 aromatic heterocycles. The molecule has 0 saturated heterocycles. The van der Waals surface area contributed by atoms with Gasteiger partial charge in [0.15, 0.2) is 5.92 Å². The molecule has 1 atom stereocenters. The highest BCUT2D eigenvalue weighted by molar-refractivity contribution is 5.95. The quantitative estimate of drug-likeness (QED) is 0.399. The maximum atomic E-state index is 11.6. The molecule has 0 spiro atoms. The Bertz CT molecular complexity index is 294. The van der Waals surface area contributed by atoms with Crippen molar-refractivity contribution in [3.8, 4) is 0 Å². The van der Waals surface area contributed by atoms with E-state index in [0.29, 0.717) is 0 Å². The molecule has 0 fully saturated rings. The summed E-state index contributed by atoms with van der Waals surface area (Å²) < 4.78 is 13.7. The molecule has 0 rings (SSSR count). The average Bonchev–Trinajstić information content (AvgIpc) is 2.36. The lowest BCUT2D eigenvalue weighted by Crippen LogP contribution is -2.33. The van der Waals surface area contributed by atoms with Gasteiger partial charge in [0.05, 0.1) is 27.2 Å².